The van der Waals surface area contributed by atoms with Crippen molar-refractivity contribution in [2.24, 2.45) is 12.5 Å². The maximum Gasteiger partial charge on any atom is 0.272 e. The minimum Gasteiger partial charge on any atom is -0.381 e. The van der Waals surface area contributed by atoms with Gasteiger partial charge in [0.2, 0.25) is 0 Å². The van der Waals surface area contributed by atoms with Crippen LogP contribution >= 0.6 is 0 Å². The summed E-state index contributed by atoms with van der Waals surface area (Å²) in [6, 6.07) is 11.7. The van der Waals surface area contributed by atoms with E-state index in [0.29, 0.717) is 18.8 Å². The van der Waals surface area contributed by atoms with Crippen molar-refractivity contribution in [3.05, 3.63) is 54.2 Å². The Bertz CT molecular complexity index is 1020. The van der Waals surface area contributed by atoms with Gasteiger partial charge < -0.3 is 14.2 Å². The second kappa shape index (κ2) is 6.67. The summed E-state index contributed by atoms with van der Waals surface area (Å²) in [6.45, 7) is 2.80. The Morgan fingerprint density at radius 1 is 1.18 bits per heavy atom. The van der Waals surface area contributed by atoms with Crippen LogP contribution < -0.4 is 0 Å². The zero-order valence-corrected chi connectivity index (χ0v) is 15.9. The molecule has 1 amide bonds. The standard InChI is InChI=1S/C21H23N5O2/c1-25-14-22-24-19(25)16-12-26(13-21(16)8-10-28-11-9-21)20(27)18-7-6-15-4-2-3-5-17(15)23-18/h2-7,14,16H,8-13H2,1H3. The minimum absolute atomic E-state index is 0.00838. The van der Waals surface area contributed by atoms with Crippen LogP contribution in [0, 0.1) is 5.41 Å². The average Bonchev–Trinajstić information content (AvgIpc) is 3.31. The second-order valence-electron chi connectivity index (χ2n) is 7.90. The number of para-hydroxylation sites is 1. The Morgan fingerprint density at radius 2 is 2.00 bits per heavy atom. The average molecular weight is 377 g/mol. The summed E-state index contributed by atoms with van der Waals surface area (Å²) >= 11 is 0. The van der Waals surface area contributed by atoms with E-state index < -0.39 is 0 Å². The van der Waals surface area contributed by atoms with Gasteiger partial charge in [-0.25, -0.2) is 4.98 Å². The topological polar surface area (TPSA) is 73.1 Å². The molecule has 7 nitrogen and oxygen atoms in total. The van der Waals surface area contributed by atoms with Gasteiger partial charge in [-0.15, -0.1) is 10.2 Å². The van der Waals surface area contributed by atoms with Crippen LogP contribution in [0.5, 0.6) is 0 Å². The summed E-state index contributed by atoms with van der Waals surface area (Å²) in [4.78, 5) is 19.9. The number of rotatable bonds is 2. The van der Waals surface area contributed by atoms with Gasteiger partial charge in [-0.3, -0.25) is 4.79 Å². The summed E-state index contributed by atoms with van der Waals surface area (Å²) in [5, 5.41) is 9.49. The van der Waals surface area contributed by atoms with Crippen molar-refractivity contribution in [2.75, 3.05) is 26.3 Å². The molecule has 1 spiro atoms. The molecule has 1 aromatic carbocycles. The van der Waals surface area contributed by atoms with E-state index in [2.05, 4.69) is 15.2 Å². The lowest BCUT2D eigenvalue weighted by Crippen LogP contribution is -2.37. The van der Waals surface area contributed by atoms with Crippen molar-refractivity contribution in [3.63, 3.8) is 0 Å². The Labute approximate surface area is 163 Å². The number of hydrogen-bond acceptors (Lipinski definition) is 5. The summed E-state index contributed by atoms with van der Waals surface area (Å²) in [5.41, 5.74) is 1.34. The van der Waals surface area contributed by atoms with Crippen LogP contribution in [0.25, 0.3) is 10.9 Å². The number of carbonyl (C=O) groups excluding carboxylic acids is 1. The summed E-state index contributed by atoms with van der Waals surface area (Å²) in [6.07, 6.45) is 3.59. The lowest BCUT2D eigenvalue weighted by Gasteiger charge is -2.37. The number of carbonyl (C=O) groups is 1. The first kappa shape index (κ1) is 17.3. The lowest BCUT2D eigenvalue weighted by molar-refractivity contribution is 0.0108. The van der Waals surface area contributed by atoms with E-state index in [0.717, 1.165) is 42.8 Å². The third-order valence-electron chi connectivity index (χ3n) is 6.30. The van der Waals surface area contributed by atoms with Crippen LogP contribution in [0.3, 0.4) is 0 Å². The predicted molar refractivity (Wildman–Crippen MR) is 104 cm³/mol. The van der Waals surface area contributed by atoms with E-state index in [9.17, 15) is 4.79 Å². The maximum atomic E-state index is 13.3. The molecule has 0 aliphatic carbocycles. The number of amides is 1. The molecule has 1 unspecified atom stereocenters. The smallest absolute Gasteiger partial charge is 0.272 e. The van der Waals surface area contributed by atoms with Crippen molar-refractivity contribution in [2.45, 2.75) is 18.8 Å². The molecule has 0 saturated carbocycles. The molecule has 3 aromatic rings. The Hall–Kier alpha value is -2.80. The molecule has 0 radical (unpaired) electrons. The fourth-order valence-electron chi connectivity index (χ4n) is 4.72. The highest BCUT2D eigenvalue weighted by atomic mass is 16.5. The van der Waals surface area contributed by atoms with Crippen LogP contribution in [0.1, 0.15) is 35.1 Å². The normalized spacial score (nSPS) is 21.5. The first-order valence-corrected chi connectivity index (χ1v) is 9.73. The highest BCUT2D eigenvalue weighted by molar-refractivity contribution is 5.95. The number of ether oxygens (including phenoxy) is 1. The maximum absolute atomic E-state index is 13.3. The van der Waals surface area contributed by atoms with Gasteiger partial charge in [-0.1, -0.05) is 24.3 Å². The summed E-state index contributed by atoms with van der Waals surface area (Å²) < 4.78 is 7.60. The first-order chi connectivity index (χ1) is 13.7. The Balaban J connectivity index is 1.48. The molecular weight excluding hydrogens is 354 g/mol. The number of benzene rings is 1. The third-order valence-corrected chi connectivity index (χ3v) is 6.30. The number of fused-ring (bicyclic) bond motifs is 1. The number of hydrogen-bond donors (Lipinski definition) is 0. The molecule has 0 N–H and O–H groups in total. The molecule has 2 fully saturated rings. The van der Waals surface area contributed by atoms with Gasteiger partial charge in [0, 0.05) is 50.1 Å². The van der Waals surface area contributed by atoms with Gasteiger partial charge in [0.1, 0.15) is 17.8 Å². The molecule has 28 heavy (non-hydrogen) atoms. The second-order valence-corrected chi connectivity index (χ2v) is 7.90. The molecule has 2 aliphatic rings. The van der Waals surface area contributed by atoms with Crippen molar-refractivity contribution in [1.29, 1.82) is 0 Å². The van der Waals surface area contributed by atoms with E-state index >= 15 is 0 Å². The van der Waals surface area contributed by atoms with Crippen LogP contribution in [-0.4, -0.2) is 56.9 Å². The molecule has 7 heteroatoms. The molecule has 5 rings (SSSR count). The van der Waals surface area contributed by atoms with Gasteiger partial charge in [0.05, 0.1) is 5.52 Å². The fourth-order valence-corrected chi connectivity index (χ4v) is 4.72. The Morgan fingerprint density at radius 3 is 2.79 bits per heavy atom. The van der Waals surface area contributed by atoms with Gasteiger partial charge >= 0.3 is 0 Å². The predicted octanol–water partition coefficient (Wildman–Crippen LogP) is 2.40. The summed E-state index contributed by atoms with van der Waals surface area (Å²) in [5.74, 6) is 1.10. The van der Waals surface area contributed by atoms with Crippen LogP contribution in [0.4, 0.5) is 0 Å². The van der Waals surface area contributed by atoms with Crippen molar-refractivity contribution in [1.82, 2.24) is 24.6 Å². The van der Waals surface area contributed by atoms with Gasteiger partial charge in [0.15, 0.2) is 0 Å². The monoisotopic (exact) mass is 377 g/mol. The molecule has 2 aromatic heterocycles. The van der Waals surface area contributed by atoms with Gasteiger partial charge in [0.25, 0.3) is 5.91 Å². The van der Waals surface area contributed by atoms with Crippen LogP contribution in [0.15, 0.2) is 42.7 Å². The first-order valence-electron chi connectivity index (χ1n) is 9.73. The van der Waals surface area contributed by atoms with Gasteiger partial charge in [-0.05, 0) is 25.0 Å². The van der Waals surface area contributed by atoms with Crippen LogP contribution in [-0.2, 0) is 11.8 Å². The quantitative estimate of drug-likeness (QED) is 0.686. The molecular formula is C21H23N5O2. The van der Waals surface area contributed by atoms with Crippen molar-refractivity contribution < 1.29 is 9.53 Å². The largest absolute Gasteiger partial charge is 0.381 e. The molecule has 4 heterocycles. The van der Waals surface area contributed by atoms with E-state index in [1.54, 1.807) is 6.33 Å². The summed E-state index contributed by atoms with van der Waals surface area (Å²) in [7, 11) is 1.97. The highest BCUT2D eigenvalue weighted by Gasteiger charge is 2.51. The van der Waals surface area contributed by atoms with E-state index in [1.807, 2.05) is 52.9 Å². The van der Waals surface area contributed by atoms with E-state index in [4.69, 9.17) is 4.74 Å². The highest BCUT2D eigenvalue weighted by Crippen LogP contribution is 2.49. The van der Waals surface area contributed by atoms with E-state index in [-0.39, 0.29) is 17.2 Å². The van der Waals surface area contributed by atoms with Crippen molar-refractivity contribution >= 4 is 16.8 Å². The lowest BCUT2D eigenvalue weighted by atomic mass is 9.72. The molecule has 144 valence electrons. The molecule has 2 aliphatic heterocycles. The molecule has 1 atom stereocenters. The number of nitrogens with zero attached hydrogens (tertiary/aromatic N) is 5. The molecule has 2 saturated heterocycles. The molecule has 0 bridgehead atoms. The number of likely N-dealkylation sites (tertiary alicyclic amines) is 1. The fraction of sp³-hybridized carbons (Fsp3) is 0.429. The number of aromatic nitrogens is 4. The zero-order chi connectivity index (χ0) is 19.1. The number of aryl methyl sites for hydroxylation is 1. The number of pyridine rings is 1. The van der Waals surface area contributed by atoms with Crippen molar-refractivity contribution in [3.8, 4) is 0 Å². The zero-order valence-electron chi connectivity index (χ0n) is 15.9. The van der Waals surface area contributed by atoms with Crippen LogP contribution in [0.2, 0.25) is 0 Å². The van der Waals surface area contributed by atoms with Gasteiger partial charge in [-0.2, -0.15) is 0 Å². The SMILES string of the molecule is Cn1cnnc1C1CN(C(=O)c2ccc3ccccc3n2)CC12CCOCC2. The van der Waals surface area contributed by atoms with E-state index in [1.165, 1.54) is 0 Å². The minimum atomic E-state index is -0.0127. The third kappa shape index (κ3) is 2.77. The Kier molecular flexibility index (Phi) is 4.12.